The molecule has 0 spiro atoms. The number of hydrogen-bond acceptors (Lipinski definition) is 2. The first-order chi connectivity index (χ1) is 15.0. The summed E-state index contributed by atoms with van der Waals surface area (Å²) in [6.07, 6.45) is 2.79. The van der Waals surface area contributed by atoms with Crippen LogP contribution >= 0.6 is 11.6 Å². The van der Waals surface area contributed by atoms with Crippen LogP contribution in [0.4, 0.5) is 11.4 Å². The highest BCUT2D eigenvalue weighted by Gasteiger charge is 2.10. The lowest BCUT2D eigenvalue weighted by Crippen LogP contribution is -2.13. The number of nitrogens with one attached hydrogen (secondary N) is 2. The number of hydrogen-bond donors (Lipinski definition) is 2. The third kappa shape index (κ3) is 5.59. The molecular formula is C26H21ClN2O2. The third-order valence-electron chi connectivity index (χ3n) is 4.52. The smallest absolute Gasteiger partial charge is 0.257 e. The van der Waals surface area contributed by atoms with Gasteiger partial charge in [-0.15, -0.1) is 0 Å². The molecule has 2 amide bonds. The number of carbonyl (C=O) groups is 2. The zero-order chi connectivity index (χ0) is 22.2. The maximum absolute atomic E-state index is 12.4. The van der Waals surface area contributed by atoms with Crippen molar-refractivity contribution in [3.05, 3.63) is 120 Å². The van der Waals surface area contributed by atoms with Crippen molar-refractivity contribution in [1.82, 2.24) is 0 Å². The first-order valence-corrected chi connectivity index (χ1v) is 9.92. The SMILES string of the molecule is C=C/C(Cl)=C(\C=C)C(=O)Nc1ccc(-c2cccc(NC(=O)c3ccccc3)c2)cc1. The average Bonchev–Trinajstić information content (AvgIpc) is 2.80. The van der Waals surface area contributed by atoms with Crippen molar-refractivity contribution in [3.8, 4) is 11.1 Å². The number of carbonyl (C=O) groups excluding carboxylic acids is 2. The predicted molar refractivity (Wildman–Crippen MR) is 128 cm³/mol. The van der Waals surface area contributed by atoms with Crippen molar-refractivity contribution >= 4 is 34.8 Å². The standard InChI is InChI=1S/C26H21ClN2O2/c1-3-23(24(27)4-2)26(31)28-21-15-13-18(14-16-21)20-11-8-12-22(17-20)29-25(30)19-9-6-5-7-10-19/h3-17H,1-2H2,(H,28,31)(H,29,30)/b24-23-. The molecule has 3 rings (SSSR count). The van der Waals surface area contributed by atoms with Crippen LogP contribution in [-0.4, -0.2) is 11.8 Å². The van der Waals surface area contributed by atoms with Crippen molar-refractivity contribution in [2.75, 3.05) is 10.6 Å². The fourth-order valence-corrected chi connectivity index (χ4v) is 3.09. The molecule has 2 N–H and O–H groups in total. The molecule has 0 atom stereocenters. The molecule has 0 aromatic heterocycles. The zero-order valence-electron chi connectivity index (χ0n) is 16.8. The molecule has 3 aromatic rings. The van der Waals surface area contributed by atoms with Gasteiger partial charge >= 0.3 is 0 Å². The second-order valence-electron chi connectivity index (χ2n) is 6.60. The first-order valence-electron chi connectivity index (χ1n) is 9.54. The molecule has 0 aliphatic carbocycles. The molecule has 0 fully saturated rings. The van der Waals surface area contributed by atoms with Gasteiger partial charge in [-0.3, -0.25) is 9.59 Å². The Balaban J connectivity index is 1.73. The van der Waals surface area contributed by atoms with E-state index in [0.29, 0.717) is 16.9 Å². The topological polar surface area (TPSA) is 58.2 Å². The Morgan fingerprint density at radius 3 is 2.10 bits per heavy atom. The molecule has 0 bridgehead atoms. The average molecular weight is 429 g/mol. The number of halogens is 1. The Kier molecular flexibility index (Phi) is 7.20. The van der Waals surface area contributed by atoms with Gasteiger partial charge in [0, 0.05) is 16.9 Å². The fourth-order valence-electron chi connectivity index (χ4n) is 2.92. The van der Waals surface area contributed by atoms with E-state index < -0.39 is 0 Å². The monoisotopic (exact) mass is 428 g/mol. The van der Waals surface area contributed by atoms with E-state index in [4.69, 9.17) is 11.6 Å². The molecule has 31 heavy (non-hydrogen) atoms. The van der Waals surface area contributed by atoms with Crippen LogP contribution in [0, 0.1) is 0 Å². The van der Waals surface area contributed by atoms with E-state index in [-0.39, 0.29) is 22.4 Å². The molecule has 0 heterocycles. The van der Waals surface area contributed by atoms with Gasteiger partial charge in [-0.2, -0.15) is 0 Å². The maximum atomic E-state index is 12.4. The largest absolute Gasteiger partial charge is 0.322 e. The lowest BCUT2D eigenvalue weighted by molar-refractivity contribution is -0.112. The van der Waals surface area contributed by atoms with Gasteiger partial charge in [-0.1, -0.05) is 73.3 Å². The minimum absolute atomic E-state index is 0.167. The van der Waals surface area contributed by atoms with E-state index in [2.05, 4.69) is 23.8 Å². The molecule has 3 aromatic carbocycles. The van der Waals surface area contributed by atoms with Crippen LogP contribution in [0.3, 0.4) is 0 Å². The number of allylic oxidation sites excluding steroid dienone is 2. The molecule has 154 valence electrons. The van der Waals surface area contributed by atoms with E-state index in [1.807, 2.05) is 54.6 Å². The quantitative estimate of drug-likeness (QED) is 0.337. The van der Waals surface area contributed by atoms with Crippen molar-refractivity contribution in [1.29, 1.82) is 0 Å². The lowest BCUT2D eigenvalue weighted by atomic mass is 10.0. The predicted octanol–water partition coefficient (Wildman–Crippen LogP) is 6.41. The molecule has 0 aliphatic heterocycles. The van der Waals surface area contributed by atoms with Crippen LogP contribution in [0.2, 0.25) is 0 Å². The van der Waals surface area contributed by atoms with Crippen molar-refractivity contribution in [2.24, 2.45) is 0 Å². The summed E-state index contributed by atoms with van der Waals surface area (Å²) in [5, 5.41) is 5.93. The highest BCUT2D eigenvalue weighted by Crippen LogP contribution is 2.25. The number of amides is 2. The zero-order valence-corrected chi connectivity index (χ0v) is 17.5. The molecule has 0 saturated carbocycles. The molecule has 0 unspecified atom stereocenters. The Labute approximate surface area is 186 Å². The summed E-state index contributed by atoms with van der Waals surface area (Å²) < 4.78 is 0. The fraction of sp³-hybridized carbons (Fsp3) is 0. The second-order valence-corrected chi connectivity index (χ2v) is 7.01. The van der Waals surface area contributed by atoms with Crippen LogP contribution in [0.25, 0.3) is 11.1 Å². The summed E-state index contributed by atoms with van der Waals surface area (Å²) in [5.74, 6) is -0.529. The lowest BCUT2D eigenvalue weighted by Gasteiger charge is -2.10. The summed E-state index contributed by atoms with van der Waals surface area (Å²) >= 11 is 5.99. The first kappa shape index (κ1) is 21.8. The summed E-state index contributed by atoms with van der Waals surface area (Å²) in [6, 6.07) is 24.0. The third-order valence-corrected chi connectivity index (χ3v) is 4.88. The van der Waals surface area contributed by atoms with Crippen molar-refractivity contribution in [2.45, 2.75) is 0 Å². The highest BCUT2D eigenvalue weighted by atomic mass is 35.5. The molecule has 5 heteroatoms. The second kappa shape index (κ2) is 10.2. The van der Waals surface area contributed by atoms with Crippen molar-refractivity contribution < 1.29 is 9.59 Å². The minimum atomic E-state index is -0.363. The number of anilines is 2. The highest BCUT2D eigenvalue weighted by molar-refractivity contribution is 6.34. The van der Waals surface area contributed by atoms with Crippen LogP contribution in [0.1, 0.15) is 10.4 Å². The normalized spacial score (nSPS) is 11.1. The van der Waals surface area contributed by atoms with E-state index in [9.17, 15) is 9.59 Å². The van der Waals surface area contributed by atoms with Gasteiger partial charge in [0.2, 0.25) is 0 Å². The summed E-state index contributed by atoms with van der Waals surface area (Å²) in [7, 11) is 0. The summed E-state index contributed by atoms with van der Waals surface area (Å²) in [6.45, 7) is 7.18. The van der Waals surface area contributed by atoms with Crippen LogP contribution in [0.15, 0.2) is 115 Å². The number of benzene rings is 3. The molecule has 0 saturated heterocycles. The molecule has 0 radical (unpaired) electrons. The van der Waals surface area contributed by atoms with Gasteiger partial charge < -0.3 is 10.6 Å². The van der Waals surface area contributed by atoms with Gasteiger partial charge in [-0.05, 0) is 53.6 Å². The van der Waals surface area contributed by atoms with Crippen molar-refractivity contribution in [3.63, 3.8) is 0 Å². The van der Waals surface area contributed by atoms with Gasteiger partial charge in [-0.25, -0.2) is 0 Å². The minimum Gasteiger partial charge on any atom is -0.322 e. The molecular weight excluding hydrogens is 408 g/mol. The molecule has 4 nitrogen and oxygen atoms in total. The van der Waals surface area contributed by atoms with Gasteiger partial charge in [0.15, 0.2) is 0 Å². The summed E-state index contributed by atoms with van der Waals surface area (Å²) in [4.78, 5) is 24.7. The Morgan fingerprint density at radius 2 is 1.45 bits per heavy atom. The Bertz CT molecular complexity index is 1150. The maximum Gasteiger partial charge on any atom is 0.257 e. The van der Waals surface area contributed by atoms with Gasteiger partial charge in [0.25, 0.3) is 11.8 Å². The van der Waals surface area contributed by atoms with E-state index in [1.54, 1.807) is 24.3 Å². The van der Waals surface area contributed by atoms with Crippen LogP contribution < -0.4 is 10.6 Å². The molecule has 0 aliphatic rings. The van der Waals surface area contributed by atoms with Gasteiger partial charge in [0.1, 0.15) is 0 Å². The Morgan fingerprint density at radius 1 is 0.742 bits per heavy atom. The van der Waals surface area contributed by atoms with E-state index in [0.717, 1.165) is 11.1 Å². The summed E-state index contributed by atoms with van der Waals surface area (Å²) in [5.41, 5.74) is 4.04. The van der Waals surface area contributed by atoms with E-state index >= 15 is 0 Å². The van der Waals surface area contributed by atoms with E-state index in [1.165, 1.54) is 12.2 Å². The Hall–Kier alpha value is -3.89. The van der Waals surface area contributed by atoms with Gasteiger partial charge in [0.05, 0.1) is 10.6 Å². The van der Waals surface area contributed by atoms with Crippen LogP contribution in [-0.2, 0) is 4.79 Å². The number of rotatable bonds is 7. The van der Waals surface area contributed by atoms with Crippen LogP contribution in [0.5, 0.6) is 0 Å².